The van der Waals surface area contributed by atoms with E-state index in [1.807, 2.05) is 18.2 Å². The molecule has 1 aromatic heterocycles. The molecule has 18 heavy (non-hydrogen) atoms. The standard InChI is InChI=1S/C12H14N4O2/c1-18-7-2-3-9-8(6-7)10(16-15-9)11-12(17)14-5-4-13-11/h2-3,6,11,13H,4-5H2,1H3,(H,14,17)(H,15,16). The van der Waals surface area contributed by atoms with Crippen molar-refractivity contribution in [1.82, 2.24) is 20.8 Å². The molecule has 3 rings (SSSR count). The van der Waals surface area contributed by atoms with E-state index in [0.717, 1.165) is 28.9 Å². The van der Waals surface area contributed by atoms with Gasteiger partial charge in [-0.1, -0.05) is 0 Å². The molecule has 1 aromatic carbocycles. The van der Waals surface area contributed by atoms with Gasteiger partial charge in [0.25, 0.3) is 0 Å². The molecule has 1 aliphatic heterocycles. The van der Waals surface area contributed by atoms with E-state index in [1.165, 1.54) is 0 Å². The van der Waals surface area contributed by atoms with E-state index in [2.05, 4.69) is 20.8 Å². The topological polar surface area (TPSA) is 79.0 Å². The van der Waals surface area contributed by atoms with Gasteiger partial charge in [0.2, 0.25) is 5.91 Å². The summed E-state index contributed by atoms with van der Waals surface area (Å²) in [5.41, 5.74) is 1.60. The number of nitrogens with one attached hydrogen (secondary N) is 3. The monoisotopic (exact) mass is 246 g/mol. The number of aromatic amines is 1. The van der Waals surface area contributed by atoms with Crippen LogP contribution < -0.4 is 15.4 Å². The van der Waals surface area contributed by atoms with Crippen molar-refractivity contribution < 1.29 is 9.53 Å². The van der Waals surface area contributed by atoms with Crippen LogP contribution in [0.1, 0.15) is 11.7 Å². The maximum Gasteiger partial charge on any atom is 0.243 e. The van der Waals surface area contributed by atoms with Crippen molar-refractivity contribution >= 4 is 16.8 Å². The highest BCUT2D eigenvalue weighted by molar-refractivity contribution is 5.91. The minimum absolute atomic E-state index is 0.0328. The maximum atomic E-state index is 11.8. The van der Waals surface area contributed by atoms with E-state index < -0.39 is 0 Å². The van der Waals surface area contributed by atoms with E-state index >= 15 is 0 Å². The summed E-state index contributed by atoms with van der Waals surface area (Å²) in [5, 5.41) is 14.1. The van der Waals surface area contributed by atoms with Crippen molar-refractivity contribution in [3.05, 3.63) is 23.9 Å². The van der Waals surface area contributed by atoms with Gasteiger partial charge in [0, 0.05) is 18.5 Å². The molecule has 0 saturated carbocycles. The van der Waals surface area contributed by atoms with Crippen LogP contribution in [0.4, 0.5) is 0 Å². The first-order valence-corrected chi connectivity index (χ1v) is 5.82. The molecule has 94 valence electrons. The summed E-state index contributed by atoms with van der Waals surface area (Å²) >= 11 is 0. The molecule has 2 aromatic rings. The van der Waals surface area contributed by atoms with Crippen LogP contribution in [-0.2, 0) is 4.79 Å². The number of aromatic nitrogens is 2. The smallest absolute Gasteiger partial charge is 0.243 e. The van der Waals surface area contributed by atoms with Gasteiger partial charge in [0.15, 0.2) is 0 Å². The number of carbonyl (C=O) groups is 1. The fraction of sp³-hybridized carbons (Fsp3) is 0.333. The minimum atomic E-state index is -0.379. The number of hydrogen-bond donors (Lipinski definition) is 3. The second-order valence-electron chi connectivity index (χ2n) is 4.20. The molecule has 0 spiro atoms. The Bertz CT molecular complexity index is 593. The lowest BCUT2D eigenvalue weighted by Gasteiger charge is -2.22. The molecule has 1 aliphatic rings. The number of hydrogen-bond acceptors (Lipinski definition) is 4. The number of piperazine rings is 1. The Morgan fingerprint density at radius 3 is 3.06 bits per heavy atom. The van der Waals surface area contributed by atoms with Gasteiger partial charge in [0.05, 0.1) is 18.3 Å². The van der Waals surface area contributed by atoms with E-state index in [4.69, 9.17) is 4.74 Å². The van der Waals surface area contributed by atoms with Crippen molar-refractivity contribution in [2.75, 3.05) is 20.2 Å². The average Bonchev–Trinajstić information content (AvgIpc) is 2.82. The fourth-order valence-electron chi connectivity index (χ4n) is 2.19. The second-order valence-corrected chi connectivity index (χ2v) is 4.20. The van der Waals surface area contributed by atoms with E-state index in [0.29, 0.717) is 6.54 Å². The van der Waals surface area contributed by atoms with Gasteiger partial charge in [-0.15, -0.1) is 0 Å². The fourth-order valence-corrected chi connectivity index (χ4v) is 2.19. The van der Waals surface area contributed by atoms with Crippen molar-refractivity contribution in [2.24, 2.45) is 0 Å². The lowest BCUT2D eigenvalue weighted by Crippen LogP contribution is -2.47. The Hall–Kier alpha value is -2.08. The van der Waals surface area contributed by atoms with Gasteiger partial charge < -0.3 is 10.1 Å². The van der Waals surface area contributed by atoms with Gasteiger partial charge in [0.1, 0.15) is 11.8 Å². The quantitative estimate of drug-likeness (QED) is 0.713. The zero-order chi connectivity index (χ0) is 12.5. The number of ether oxygens (including phenoxy) is 1. The van der Waals surface area contributed by atoms with Crippen LogP contribution >= 0.6 is 0 Å². The molecule has 3 N–H and O–H groups in total. The second kappa shape index (κ2) is 4.30. The molecule has 6 nitrogen and oxygen atoms in total. The van der Waals surface area contributed by atoms with E-state index in [-0.39, 0.29) is 11.9 Å². The van der Waals surface area contributed by atoms with Gasteiger partial charge in [-0.25, -0.2) is 0 Å². The van der Waals surface area contributed by atoms with Crippen molar-refractivity contribution in [1.29, 1.82) is 0 Å². The zero-order valence-corrected chi connectivity index (χ0v) is 9.99. The Morgan fingerprint density at radius 1 is 1.39 bits per heavy atom. The third-order valence-electron chi connectivity index (χ3n) is 3.11. The lowest BCUT2D eigenvalue weighted by molar-refractivity contribution is -0.124. The summed E-state index contributed by atoms with van der Waals surface area (Å²) in [5.74, 6) is 0.719. The summed E-state index contributed by atoms with van der Waals surface area (Å²) in [6.07, 6.45) is 0. The first-order valence-electron chi connectivity index (χ1n) is 5.82. The molecule has 1 atom stereocenters. The van der Waals surface area contributed by atoms with Crippen LogP contribution in [0.25, 0.3) is 10.9 Å². The summed E-state index contributed by atoms with van der Waals surface area (Å²) < 4.78 is 5.20. The van der Waals surface area contributed by atoms with Gasteiger partial charge in [-0.05, 0) is 18.2 Å². The number of amides is 1. The van der Waals surface area contributed by atoms with Crippen LogP contribution in [0.5, 0.6) is 5.75 Å². The molecule has 6 heteroatoms. The minimum Gasteiger partial charge on any atom is -0.497 e. The first kappa shape index (κ1) is 11.0. The molecule has 0 radical (unpaired) electrons. The van der Waals surface area contributed by atoms with E-state index in [9.17, 15) is 4.79 Å². The van der Waals surface area contributed by atoms with Crippen LogP contribution in [0.2, 0.25) is 0 Å². The molecule has 0 aliphatic carbocycles. The summed E-state index contributed by atoms with van der Waals surface area (Å²) in [6.45, 7) is 1.41. The van der Waals surface area contributed by atoms with Crippen LogP contribution in [-0.4, -0.2) is 36.3 Å². The lowest BCUT2D eigenvalue weighted by atomic mass is 10.1. The largest absolute Gasteiger partial charge is 0.497 e. The van der Waals surface area contributed by atoms with Gasteiger partial charge in [-0.2, -0.15) is 5.10 Å². The summed E-state index contributed by atoms with van der Waals surface area (Å²) in [7, 11) is 1.62. The highest BCUT2D eigenvalue weighted by Gasteiger charge is 2.26. The van der Waals surface area contributed by atoms with Gasteiger partial charge in [-0.3, -0.25) is 15.2 Å². The summed E-state index contributed by atoms with van der Waals surface area (Å²) in [4.78, 5) is 11.8. The maximum absolute atomic E-state index is 11.8. The Kier molecular flexibility index (Phi) is 2.64. The first-order chi connectivity index (χ1) is 8.79. The predicted molar refractivity (Wildman–Crippen MR) is 66.4 cm³/mol. The molecule has 2 heterocycles. The zero-order valence-electron chi connectivity index (χ0n) is 9.99. The normalized spacial score (nSPS) is 19.8. The molecule has 0 bridgehead atoms. The number of benzene rings is 1. The molecular weight excluding hydrogens is 232 g/mol. The number of rotatable bonds is 2. The third-order valence-corrected chi connectivity index (χ3v) is 3.11. The molecule has 1 saturated heterocycles. The Balaban J connectivity index is 2.07. The SMILES string of the molecule is COc1ccc2n[nH]c(C3NCCNC3=O)c2c1. The number of carbonyl (C=O) groups excluding carboxylic acids is 1. The average molecular weight is 246 g/mol. The Labute approximate surface area is 104 Å². The third kappa shape index (κ3) is 1.70. The van der Waals surface area contributed by atoms with Crippen LogP contribution in [0, 0.1) is 0 Å². The number of nitrogens with zero attached hydrogens (tertiary/aromatic N) is 1. The highest BCUT2D eigenvalue weighted by atomic mass is 16.5. The van der Waals surface area contributed by atoms with Gasteiger partial charge >= 0.3 is 0 Å². The number of fused-ring (bicyclic) bond motifs is 1. The van der Waals surface area contributed by atoms with E-state index in [1.54, 1.807) is 7.11 Å². The van der Waals surface area contributed by atoms with Crippen molar-refractivity contribution in [3.63, 3.8) is 0 Å². The predicted octanol–water partition coefficient (Wildman–Crippen LogP) is 0.332. The Morgan fingerprint density at radius 2 is 2.28 bits per heavy atom. The number of H-pyrrole nitrogens is 1. The molecule has 1 fully saturated rings. The van der Waals surface area contributed by atoms with Crippen molar-refractivity contribution in [2.45, 2.75) is 6.04 Å². The van der Waals surface area contributed by atoms with Crippen LogP contribution in [0.15, 0.2) is 18.2 Å². The van der Waals surface area contributed by atoms with Crippen LogP contribution in [0.3, 0.4) is 0 Å². The number of methoxy groups -OCH3 is 1. The van der Waals surface area contributed by atoms with Crippen molar-refractivity contribution in [3.8, 4) is 5.75 Å². The molecular formula is C12H14N4O2. The molecule has 1 amide bonds. The summed E-state index contributed by atoms with van der Waals surface area (Å²) in [6, 6.07) is 5.23. The highest BCUT2D eigenvalue weighted by Crippen LogP contribution is 2.26. The molecule has 1 unspecified atom stereocenters.